The molecule has 0 aliphatic heterocycles. The highest BCUT2D eigenvalue weighted by Gasteiger charge is 2.12. The molecule has 0 saturated heterocycles. The van der Waals surface area contributed by atoms with Crippen molar-refractivity contribution in [1.29, 1.82) is 0 Å². The Labute approximate surface area is 389 Å². The van der Waals surface area contributed by atoms with Crippen molar-refractivity contribution in [3.8, 4) is 11.6 Å². The fourth-order valence-electron chi connectivity index (χ4n) is 7.24. The Hall–Kier alpha value is -8.03. The quantitative estimate of drug-likeness (QED) is 0.114. The third-order valence-corrected chi connectivity index (χ3v) is 10.9. The van der Waals surface area contributed by atoms with Gasteiger partial charge in [0.25, 0.3) is 0 Å². The summed E-state index contributed by atoms with van der Waals surface area (Å²) in [4.78, 5) is 35.1. The molecule has 0 radical (unpaired) electrons. The van der Waals surface area contributed by atoms with Gasteiger partial charge in [-0.1, -0.05) is 115 Å². The molecular weight excluding hydrogens is 842 g/mol. The molecule has 0 fully saturated rings. The van der Waals surface area contributed by atoms with Gasteiger partial charge in [-0.05, 0) is 86.7 Å². The highest BCUT2D eigenvalue weighted by Crippen LogP contribution is 2.24. The number of hydrogen-bond donors (Lipinski definition) is 3. The molecule has 3 atom stereocenters. The third kappa shape index (κ3) is 11.4. The second-order valence-electron chi connectivity index (χ2n) is 15.8. The van der Waals surface area contributed by atoms with Gasteiger partial charge in [0.15, 0.2) is 11.6 Å². The first-order valence-corrected chi connectivity index (χ1v) is 22.0. The number of fused-ring (bicyclic) bond motifs is 2. The number of anilines is 3. The Balaban J connectivity index is 0.000000138. The van der Waals surface area contributed by atoms with E-state index in [-0.39, 0.29) is 18.1 Å². The predicted octanol–water partition coefficient (Wildman–Crippen LogP) is 11.9. The summed E-state index contributed by atoms with van der Waals surface area (Å²) in [6, 6.07) is 43.6. The van der Waals surface area contributed by atoms with Crippen molar-refractivity contribution in [2.24, 2.45) is 0 Å². The van der Waals surface area contributed by atoms with Gasteiger partial charge in [-0.3, -0.25) is 24.1 Å². The van der Waals surface area contributed by atoms with E-state index in [2.05, 4.69) is 147 Å². The van der Waals surface area contributed by atoms with Gasteiger partial charge in [0, 0.05) is 18.1 Å². The van der Waals surface area contributed by atoms with Crippen LogP contribution in [0.4, 0.5) is 17.5 Å². The van der Waals surface area contributed by atoms with E-state index in [9.17, 15) is 0 Å². The summed E-state index contributed by atoms with van der Waals surface area (Å²) in [5.74, 6) is 3.66. The molecule has 0 aliphatic carbocycles. The Kier molecular flexibility index (Phi) is 14.2. The standard InChI is InChI=1S/2C20H19N5.C12H12ClN3/c1-14-8-9-18-17(10-14)22-13-25(18)20-12-21-11-19(24-20)23-15(2)16-6-4-3-5-7-16;1-14-8-9-17-18(10-14)25(13-22-17)20-12-21-11-19(24-20)23-15(2)16-6-4-3-5-7-16;1-9(10-5-3-2-4-6-10)15-12-8-14-7-11(13)16-12/h2*3-13,15H,1-2H3,(H,23,24);2-9H,1H3,(H,15,16)/t2*15-;9-/m000/s1. The Morgan fingerprint density at radius 1 is 0.439 bits per heavy atom. The zero-order chi connectivity index (χ0) is 45.8. The van der Waals surface area contributed by atoms with Gasteiger partial charge in [0.05, 0.1) is 59.2 Å². The third-order valence-electron chi connectivity index (χ3n) is 10.7. The van der Waals surface area contributed by atoms with Gasteiger partial charge in [-0.25, -0.2) is 24.9 Å². The normalized spacial score (nSPS) is 12.2. The van der Waals surface area contributed by atoms with Crippen LogP contribution in [-0.4, -0.2) is 49.0 Å². The topological polar surface area (TPSA) is 149 Å². The first kappa shape index (κ1) is 44.6. The molecule has 0 unspecified atom stereocenters. The van der Waals surface area contributed by atoms with E-state index in [1.165, 1.54) is 34.0 Å². The molecule has 5 aromatic heterocycles. The van der Waals surface area contributed by atoms with Crippen LogP contribution in [0.3, 0.4) is 0 Å². The highest BCUT2D eigenvalue weighted by atomic mass is 35.5. The second kappa shape index (κ2) is 21.1. The maximum absolute atomic E-state index is 5.76. The fraction of sp³-hybridized carbons (Fsp3) is 0.154. The summed E-state index contributed by atoms with van der Waals surface area (Å²) in [5, 5.41) is 10.5. The number of benzene rings is 5. The van der Waals surface area contributed by atoms with Gasteiger partial charge in [-0.15, -0.1) is 0 Å². The minimum absolute atomic E-state index is 0.146. The van der Waals surface area contributed by atoms with Crippen molar-refractivity contribution in [3.05, 3.63) is 210 Å². The smallest absolute Gasteiger partial charge is 0.159 e. The molecule has 3 N–H and O–H groups in total. The summed E-state index contributed by atoms with van der Waals surface area (Å²) in [5.41, 5.74) is 9.95. The average molecular weight is 893 g/mol. The zero-order valence-electron chi connectivity index (χ0n) is 37.3. The SMILES string of the molecule is C[C@H](Nc1cncc(Cl)n1)c1ccccc1.Cc1ccc2c(c1)ncn2-c1cncc(N[C@@H](C)c2ccccc2)n1.Cc1ccc2ncn(-c3cncc(N[C@@H](C)c4ccccc4)n3)c2c1. The van der Waals surface area contributed by atoms with Crippen LogP contribution in [0, 0.1) is 13.8 Å². The lowest BCUT2D eigenvalue weighted by molar-refractivity contribution is 0.865. The summed E-state index contributed by atoms with van der Waals surface area (Å²) in [7, 11) is 0. The molecule has 0 amide bonds. The van der Waals surface area contributed by atoms with Crippen molar-refractivity contribution >= 4 is 51.1 Å². The molecule has 0 aliphatic rings. The fourth-order valence-corrected chi connectivity index (χ4v) is 7.39. The summed E-state index contributed by atoms with van der Waals surface area (Å²) < 4.78 is 3.92. The average Bonchev–Trinajstić information content (AvgIpc) is 3.97. The molecule has 0 saturated carbocycles. The molecule has 5 heterocycles. The molecule has 14 heteroatoms. The molecule has 10 rings (SSSR count). The van der Waals surface area contributed by atoms with Crippen LogP contribution in [0.15, 0.2) is 177 Å². The minimum atomic E-state index is 0.146. The van der Waals surface area contributed by atoms with Crippen molar-refractivity contribution in [3.63, 3.8) is 0 Å². The van der Waals surface area contributed by atoms with Crippen molar-refractivity contribution < 1.29 is 0 Å². The lowest BCUT2D eigenvalue weighted by Gasteiger charge is -2.15. The Morgan fingerprint density at radius 2 is 0.864 bits per heavy atom. The number of rotatable bonds is 11. The molecule has 5 aromatic carbocycles. The van der Waals surface area contributed by atoms with Crippen LogP contribution in [0.2, 0.25) is 5.15 Å². The van der Waals surface area contributed by atoms with E-state index in [4.69, 9.17) is 21.6 Å². The Bertz CT molecular complexity index is 3120. The van der Waals surface area contributed by atoms with Crippen LogP contribution in [0.5, 0.6) is 0 Å². The van der Waals surface area contributed by atoms with E-state index in [0.717, 1.165) is 45.3 Å². The summed E-state index contributed by atoms with van der Waals surface area (Å²) in [6.07, 6.45) is 13.7. The van der Waals surface area contributed by atoms with E-state index in [1.54, 1.807) is 43.6 Å². The van der Waals surface area contributed by atoms with Crippen molar-refractivity contribution in [2.45, 2.75) is 52.7 Å². The maximum Gasteiger partial charge on any atom is 0.159 e. The van der Waals surface area contributed by atoms with Gasteiger partial charge in [0.2, 0.25) is 0 Å². The van der Waals surface area contributed by atoms with Gasteiger partial charge in [0.1, 0.15) is 35.3 Å². The van der Waals surface area contributed by atoms with E-state index in [0.29, 0.717) is 11.0 Å². The molecule has 66 heavy (non-hydrogen) atoms. The molecule has 10 aromatic rings. The molecular formula is C52H50ClN13. The maximum atomic E-state index is 5.76. The van der Waals surface area contributed by atoms with E-state index in [1.807, 2.05) is 69.8 Å². The van der Waals surface area contributed by atoms with Crippen molar-refractivity contribution in [1.82, 2.24) is 49.0 Å². The van der Waals surface area contributed by atoms with Crippen molar-refractivity contribution in [2.75, 3.05) is 16.0 Å². The molecule has 0 bridgehead atoms. The molecule has 0 spiro atoms. The van der Waals surface area contributed by atoms with E-state index >= 15 is 0 Å². The number of nitrogens with zero attached hydrogens (tertiary/aromatic N) is 10. The lowest BCUT2D eigenvalue weighted by atomic mass is 10.1. The van der Waals surface area contributed by atoms with E-state index < -0.39 is 0 Å². The number of aryl methyl sites for hydroxylation is 2. The van der Waals surface area contributed by atoms with Crippen LogP contribution in [-0.2, 0) is 0 Å². The second-order valence-corrected chi connectivity index (χ2v) is 16.2. The van der Waals surface area contributed by atoms with Crippen LogP contribution < -0.4 is 16.0 Å². The zero-order valence-corrected chi connectivity index (χ0v) is 38.1. The predicted molar refractivity (Wildman–Crippen MR) is 265 cm³/mol. The summed E-state index contributed by atoms with van der Waals surface area (Å²) >= 11 is 5.76. The number of imidazole rings is 2. The van der Waals surface area contributed by atoms with Gasteiger partial charge >= 0.3 is 0 Å². The van der Waals surface area contributed by atoms with Crippen LogP contribution in [0.25, 0.3) is 33.7 Å². The first-order chi connectivity index (χ1) is 32.2. The number of nitrogens with one attached hydrogen (secondary N) is 3. The highest BCUT2D eigenvalue weighted by molar-refractivity contribution is 6.29. The lowest BCUT2D eigenvalue weighted by Crippen LogP contribution is -2.09. The largest absolute Gasteiger partial charge is 0.362 e. The molecule has 13 nitrogen and oxygen atoms in total. The minimum Gasteiger partial charge on any atom is -0.362 e. The van der Waals surface area contributed by atoms with Crippen LogP contribution in [0.1, 0.15) is 66.7 Å². The Morgan fingerprint density at radius 3 is 1.36 bits per heavy atom. The monoisotopic (exact) mass is 891 g/mol. The van der Waals surface area contributed by atoms with Crippen LogP contribution >= 0.6 is 11.6 Å². The first-order valence-electron chi connectivity index (χ1n) is 21.6. The number of halogens is 1. The number of aromatic nitrogens is 10. The summed E-state index contributed by atoms with van der Waals surface area (Å²) in [6.45, 7) is 10.4. The number of hydrogen-bond acceptors (Lipinski definition) is 11. The molecule has 330 valence electrons. The van der Waals surface area contributed by atoms with Gasteiger partial charge in [-0.2, -0.15) is 0 Å². The van der Waals surface area contributed by atoms with Gasteiger partial charge < -0.3 is 16.0 Å².